The second-order valence-electron chi connectivity index (χ2n) is 6.69. The Morgan fingerprint density at radius 2 is 1.87 bits per heavy atom. The summed E-state index contributed by atoms with van der Waals surface area (Å²) in [6, 6.07) is 17.2. The lowest BCUT2D eigenvalue weighted by atomic mass is 10.2. The normalized spacial score (nSPS) is 11.0. The van der Waals surface area contributed by atoms with Crippen LogP contribution in [0.25, 0.3) is 33.9 Å². The molecule has 0 atom stereocenters. The minimum Gasteiger partial charge on any atom is -0.451 e. The number of nitrogens with one attached hydrogen (secondary N) is 1. The van der Waals surface area contributed by atoms with Crippen molar-refractivity contribution in [3.8, 4) is 22.8 Å². The second kappa shape index (κ2) is 7.91. The van der Waals surface area contributed by atoms with Crippen LogP contribution in [0.5, 0.6) is 0 Å². The standard InChI is InChI=1S/C23H13Cl2N3O3/c24-14-3-5-16(17(25)10-14)19-7-8-21(30-19)22(29)27-15-4-6-20-18(11-15)28-23(31-20)13-2-1-9-26-12-13/h1-12H,(H,27,29). The van der Waals surface area contributed by atoms with E-state index in [1.807, 2.05) is 12.1 Å². The zero-order valence-corrected chi connectivity index (χ0v) is 17.3. The van der Waals surface area contributed by atoms with Gasteiger partial charge in [-0.15, -0.1) is 0 Å². The molecule has 0 aliphatic rings. The summed E-state index contributed by atoms with van der Waals surface area (Å²) in [7, 11) is 0. The smallest absolute Gasteiger partial charge is 0.291 e. The van der Waals surface area contributed by atoms with Gasteiger partial charge in [0.15, 0.2) is 11.3 Å². The molecule has 0 bridgehead atoms. The maximum atomic E-state index is 12.6. The van der Waals surface area contributed by atoms with Gasteiger partial charge in [-0.05, 0) is 60.7 Å². The zero-order chi connectivity index (χ0) is 21.4. The van der Waals surface area contributed by atoms with Crippen LogP contribution in [-0.2, 0) is 0 Å². The number of furan rings is 1. The minimum atomic E-state index is -0.397. The molecule has 1 N–H and O–H groups in total. The molecule has 0 aliphatic carbocycles. The van der Waals surface area contributed by atoms with Crippen LogP contribution in [0.4, 0.5) is 5.69 Å². The predicted molar refractivity (Wildman–Crippen MR) is 119 cm³/mol. The van der Waals surface area contributed by atoms with Gasteiger partial charge in [-0.25, -0.2) is 4.98 Å². The largest absolute Gasteiger partial charge is 0.451 e. The number of amides is 1. The van der Waals surface area contributed by atoms with Crippen molar-refractivity contribution in [3.63, 3.8) is 0 Å². The van der Waals surface area contributed by atoms with Crippen molar-refractivity contribution in [2.24, 2.45) is 0 Å². The molecule has 3 aromatic heterocycles. The van der Waals surface area contributed by atoms with Crippen LogP contribution in [0, 0.1) is 0 Å². The van der Waals surface area contributed by atoms with E-state index >= 15 is 0 Å². The summed E-state index contributed by atoms with van der Waals surface area (Å²) < 4.78 is 11.5. The fourth-order valence-electron chi connectivity index (χ4n) is 3.10. The number of anilines is 1. The average Bonchev–Trinajstić information content (AvgIpc) is 3.41. The van der Waals surface area contributed by atoms with Crippen molar-refractivity contribution in [1.82, 2.24) is 9.97 Å². The summed E-state index contributed by atoms with van der Waals surface area (Å²) in [6.45, 7) is 0. The van der Waals surface area contributed by atoms with Gasteiger partial charge in [0.05, 0.1) is 10.6 Å². The molecule has 3 heterocycles. The SMILES string of the molecule is O=C(Nc1ccc2oc(-c3cccnc3)nc2c1)c1ccc(-c2ccc(Cl)cc2Cl)o1. The number of oxazole rings is 1. The van der Waals surface area contributed by atoms with Crippen LogP contribution in [0.1, 0.15) is 10.6 Å². The maximum Gasteiger partial charge on any atom is 0.291 e. The van der Waals surface area contributed by atoms with Gasteiger partial charge in [0.1, 0.15) is 11.3 Å². The van der Waals surface area contributed by atoms with E-state index in [1.54, 1.807) is 60.9 Å². The van der Waals surface area contributed by atoms with E-state index in [2.05, 4.69) is 15.3 Å². The number of fused-ring (bicyclic) bond motifs is 1. The fourth-order valence-corrected chi connectivity index (χ4v) is 3.61. The van der Waals surface area contributed by atoms with Crippen LogP contribution in [0.2, 0.25) is 10.0 Å². The summed E-state index contributed by atoms with van der Waals surface area (Å²) >= 11 is 12.2. The van der Waals surface area contributed by atoms with E-state index in [0.29, 0.717) is 44.0 Å². The highest BCUT2D eigenvalue weighted by Crippen LogP contribution is 2.32. The summed E-state index contributed by atoms with van der Waals surface area (Å²) in [5.74, 6) is 0.686. The van der Waals surface area contributed by atoms with Crippen molar-refractivity contribution >= 4 is 45.9 Å². The summed E-state index contributed by atoms with van der Waals surface area (Å²) in [6.07, 6.45) is 3.36. The third-order valence-electron chi connectivity index (χ3n) is 4.58. The number of carbonyl (C=O) groups is 1. The third kappa shape index (κ3) is 3.91. The Morgan fingerprint density at radius 3 is 2.68 bits per heavy atom. The number of aromatic nitrogens is 2. The molecule has 1 amide bonds. The first kappa shape index (κ1) is 19.4. The molecule has 2 aromatic carbocycles. The Balaban J connectivity index is 1.37. The summed E-state index contributed by atoms with van der Waals surface area (Å²) in [5.41, 5.74) is 3.20. The molecule has 0 saturated carbocycles. The Labute approximate surface area is 186 Å². The predicted octanol–water partition coefficient (Wildman–Crippen LogP) is 6.71. The molecule has 152 valence electrons. The van der Waals surface area contributed by atoms with E-state index in [9.17, 15) is 4.79 Å². The maximum absolute atomic E-state index is 12.6. The number of rotatable bonds is 4. The Morgan fingerprint density at radius 1 is 0.968 bits per heavy atom. The number of pyridine rings is 1. The van der Waals surface area contributed by atoms with Crippen molar-refractivity contribution in [2.75, 3.05) is 5.32 Å². The highest BCUT2D eigenvalue weighted by molar-refractivity contribution is 6.36. The lowest BCUT2D eigenvalue weighted by molar-refractivity contribution is 0.0997. The highest BCUT2D eigenvalue weighted by Gasteiger charge is 2.15. The molecular formula is C23H13Cl2N3O3. The molecular weight excluding hydrogens is 437 g/mol. The molecule has 6 nitrogen and oxygen atoms in total. The van der Waals surface area contributed by atoms with E-state index in [-0.39, 0.29) is 5.76 Å². The second-order valence-corrected chi connectivity index (χ2v) is 7.53. The first-order valence-corrected chi connectivity index (χ1v) is 10.00. The molecule has 0 unspecified atom stereocenters. The van der Waals surface area contributed by atoms with E-state index in [4.69, 9.17) is 32.0 Å². The third-order valence-corrected chi connectivity index (χ3v) is 5.13. The zero-order valence-electron chi connectivity index (χ0n) is 15.8. The van der Waals surface area contributed by atoms with Gasteiger partial charge in [0.2, 0.25) is 5.89 Å². The topological polar surface area (TPSA) is 81.2 Å². The number of hydrogen-bond acceptors (Lipinski definition) is 5. The molecule has 0 spiro atoms. The molecule has 8 heteroatoms. The van der Waals surface area contributed by atoms with Crippen LogP contribution in [-0.4, -0.2) is 15.9 Å². The van der Waals surface area contributed by atoms with Crippen molar-refractivity contribution in [3.05, 3.63) is 88.9 Å². The molecule has 0 saturated heterocycles. The molecule has 31 heavy (non-hydrogen) atoms. The number of carbonyl (C=O) groups excluding carboxylic acids is 1. The molecule has 0 radical (unpaired) electrons. The highest BCUT2D eigenvalue weighted by atomic mass is 35.5. The van der Waals surface area contributed by atoms with Crippen molar-refractivity contribution in [2.45, 2.75) is 0 Å². The van der Waals surface area contributed by atoms with Gasteiger partial charge in [0, 0.05) is 28.7 Å². The Kier molecular flexibility index (Phi) is 4.94. The van der Waals surface area contributed by atoms with Gasteiger partial charge in [-0.2, -0.15) is 0 Å². The quantitative estimate of drug-likeness (QED) is 0.329. The van der Waals surface area contributed by atoms with E-state index in [1.165, 1.54) is 0 Å². The van der Waals surface area contributed by atoms with E-state index in [0.717, 1.165) is 5.56 Å². The van der Waals surface area contributed by atoms with Crippen LogP contribution in [0.3, 0.4) is 0 Å². The van der Waals surface area contributed by atoms with Crippen LogP contribution >= 0.6 is 23.2 Å². The van der Waals surface area contributed by atoms with E-state index < -0.39 is 5.91 Å². The van der Waals surface area contributed by atoms with Gasteiger partial charge in [-0.1, -0.05) is 23.2 Å². The van der Waals surface area contributed by atoms with Crippen molar-refractivity contribution in [1.29, 1.82) is 0 Å². The number of benzene rings is 2. The van der Waals surface area contributed by atoms with Gasteiger partial charge in [0.25, 0.3) is 5.91 Å². The summed E-state index contributed by atoms with van der Waals surface area (Å²) in [4.78, 5) is 21.2. The van der Waals surface area contributed by atoms with Gasteiger partial charge in [-0.3, -0.25) is 9.78 Å². The number of halogens is 2. The molecule has 0 fully saturated rings. The number of hydrogen-bond donors (Lipinski definition) is 1. The fraction of sp³-hybridized carbons (Fsp3) is 0. The molecule has 0 aliphatic heterocycles. The van der Waals surface area contributed by atoms with Crippen LogP contribution in [0.15, 0.2) is 81.9 Å². The minimum absolute atomic E-state index is 0.150. The lowest BCUT2D eigenvalue weighted by Crippen LogP contribution is -2.10. The van der Waals surface area contributed by atoms with Crippen LogP contribution < -0.4 is 5.32 Å². The first-order chi connectivity index (χ1) is 15.1. The molecule has 5 rings (SSSR count). The first-order valence-electron chi connectivity index (χ1n) is 9.24. The lowest BCUT2D eigenvalue weighted by Gasteiger charge is -2.03. The Hall–Kier alpha value is -3.61. The van der Waals surface area contributed by atoms with Crippen molar-refractivity contribution < 1.29 is 13.6 Å². The summed E-state index contributed by atoms with van der Waals surface area (Å²) in [5, 5.41) is 3.77. The monoisotopic (exact) mass is 449 g/mol. The van der Waals surface area contributed by atoms with Gasteiger partial charge < -0.3 is 14.2 Å². The van der Waals surface area contributed by atoms with Gasteiger partial charge >= 0.3 is 0 Å². The number of nitrogens with zero attached hydrogens (tertiary/aromatic N) is 2. The molecule has 5 aromatic rings. The average molecular weight is 450 g/mol. The Bertz CT molecular complexity index is 1410.